The number of anilines is 1. The number of rotatable bonds is 4. The number of carbonyl (C=O) groups is 2. The number of ether oxygens (including phenoxy) is 1. The molecule has 0 aliphatic carbocycles. The molecule has 1 N–H and O–H groups in total. The molecule has 1 aromatic rings. The van der Waals surface area contributed by atoms with Gasteiger partial charge in [-0.25, -0.2) is 4.39 Å². The van der Waals surface area contributed by atoms with Crippen LogP contribution in [0.4, 0.5) is 10.1 Å². The van der Waals surface area contributed by atoms with Crippen molar-refractivity contribution in [3.63, 3.8) is 0 Å². The maximum atomic E-state index is 13.7. The van der Waals surface area contributed by atoms with Gasteiger partial charge in [-0.1, -0.05) is 11.6 Å². The Hall–Kier alpha value is -1.70. The number of nitrogens with one attached hydrogen (secondary N) is 1. The second kappa shape index (κ2) is 8.12. The minimum absolute atomic E-state index is 0.0441. The lowest BCUT2D eigenvalue weighted by molar-refractivity contribution is -0.142. The lowest BCUT2D eigenvalue weighted by atomic mass is 10.2. The molecule has 25 heavy (non-hydrogen) atoms. The summed E-state index contributed by atoms with van der Waals surface area (Å²) in [6.45, 7) is 3.13. The summed E-state index contributed by atoms with van der Waals surface area (Å²) >= 11 is 5.82. The van der Waals surface area contributed by atoms with Gasteiger partial charge >= 0.3 is 0 Å². The van der Waals surface area contributed by atoms with Crippen molar-refractivity contribution in [3.05, 3.63) is 29.0 Å². The zero-order valence-electron chi connectivity index (χ0n) is 13.8. The van der Waals surface area contributed by atoms with E-state index in [2.05, 4.69) is 5.32 Å². The molecule has 6 nitrogen and oxygen atoms in total. The summed E-state index contributed by atoms with van der Waals surface area (Å²) in [5, 5.41) is 2.90. The molecular weight excluding hydrogens is 349 g/mol. The number of hydrogen-bond acceptors (Lipinski definition) is 4. The van der Waals surface area contributed by atoms with Gasteiger partial charge in [-0.2, -0.15) is 0 Å². The lowest BCUT2D eigenvalue weighted by Gasteiger charge is -2.35. The van der Waals surface area contributed by atoms with Crippen LogP contribution in [0, 0.1) is 5.82 Å². The van der Waals surface area contributed by atoms with Crippen LogP contribution >= 0.6 is 11.6 Å². The minimum Gasteiger partial charge on any atom is -0.368 e. The predicted molar refractivity (Wildman–Crippen MR) is 92.0 cm³/mol. The minimum atomic E-state index is -0.523. The first-order valence-corrected chi connectivity index (χ1v) is 8.78. The van der Waals surface area contributed by atoms with Crippen molar-refractivity contribution >= 4 is 29.1 Å². The van der Waals surface area contributed by atoms with Crippen molar-refractivity contribution in [2.24, 2.45) is 0 Å². The molecule has 0 aromatic heterocycles. The Morgan fingerprint density at radius 2 is 2.04 bits per heavy atom. The number of nitrogens with zero attached hydrogens (tertiary/aromatic N) is 2. The summed E-state index contributed by atoms with van der Waals surface area (Å²) in [5.74, 6) is -0.785. The summed E-state index contributed by atoms with van der Waals surface area (Å²) in [7, 11) is 0. The van der Waals surface area contributed by atoms with Crippen molar-refractivity contribution in [2.75, 3.05) is 44.6 Å². The van der Waals surface area contributed by atoms with E-state index in [4.69, 9.17) is 16.3 Å². The molecule has 2 aliphatic rings. The highest BCUT2D eigenvalue weighted by Crippen LogP contribution is 2.20. The van der Waals surface area contributed by atoms with Gasteiger partial charge in [0, 0.05) is 37.8 Å². The van der Waals surface area contributed by atoms with Crippen LogP contribution in [-0.2, 0) is 14.3 Å². The van der Waals surface area contributed by atoms with Gasteiger partial charge in [0.05, 0.1) is 12.2 Å². The van der Waals surface area contributed by atoms with Gasteiger partial charge in [-0.15, -0.1) is 0 Å². The first kappa shape index (κ1) is 18.1. The molecule has 8 heteroatoms. The van der Waals surface area contributed by atoms with Crippen molar-refractivity contribution < 1.29 is 18.7 Å². The molecule has 2 aliphatic heterocycles. The van der Waals surface area contributed by atoms with Crippen LogP contribution in [0.1, 0.15) is 12.8 Å². The molecule has 2 saturated heterocycles. The quantitative estimate of drug-likeness (QED) is 0.878. The standard InChI is InChI=1S/C17H21ClFN3O3/c18-12-3-4-13(19)14(10-12)20-16(23)11-21-5-7-22(8-6-21)17(24)15-2-1-9-25-15/h3-4,10,15H,1-2,5-9,11H2,(H,20,23). The van der Waals surface area contributed by atoms with Crippen molar-refractivity contribution in [1.82, 2.24) is 9.80 Å². The molecule has 0 spiro atoms. The number of carbonyl (C=O) groups excluding carboxylic acids is 2. The molecular formula is C17H21ClFN3O3. The van der Waals surface area contributed by atoms with Crippen LogP contribution in [0.2, 0.25) is 5.02 Å². The molecule has 1 aromatic carbocycles. The van der Waals surface area contributed by atoms with E-state index in [9.17, 15) is 14.0 Å². The van der Waals surface area contributed by atoms with E-state index < -0.39 is 5.82 Å². The van der Waals surface area contributed by atoms with E-state index in [0.29, 0.717) is 37.8 Å². The molecule has 0 radical (unpaired) electrons. The Morgan fingerprint density at radius 3 is 2.72 bits per heavy atom. The van der Waals surface area contributed by atoms with Crippen LogP contribution in [-0.4, -0.2) is 67.0 Å². The fourth-order valence-corrected chi connectivity index (χ4v) is 3.26. The third-order valence-corrected chi connectivity index (χ3v) is 4.69. The molecule has 3 rings (SSSR count). The van der Waals surface area contributed by atoms with Gasteiger partial charge in [0.1, 0.15) is 11.9 Å². The number of hydrogen-bond donors (Lipinski definition) is 1. The Bertz CT molecular complexity index is 644. The van der Waals surface area contributed by atoms with Gasteiger partial charge in [0.2, 0.25) is 5.91 Å². The largest absolute Gasteiger partial charge is 0.368 e. The molecule has 1 unspecified atom stereocenters. The predicted octanol–water partition coefficient (Wildman–Crippen LogP) is 1.74. The fourth-order valence-electron chi connectivity index (χ4n) is 3.09. The highest BCUT2D eigenvalue weighted by Gasteiger charge is 2.30. The molecule has 0 saturated carbocycles. The van der Waals surface area contributed by atoms with Crippen molar-refractivity contribution in [3.8, 4) is 0 Å². The maximum absolute atomic E-state index is 13.7. The zero-order chi connectivity index (χ0) is 17.8. The highest BCUT2D eigenvalue weighted by molar-refractivity contribution is 6.30. The van der Waals surface area contributed by atoms with Crippen LogP contribution in [0.5, 0.6) is 0 Å². The average molecular weight is 370 g/mol. The van der Waals surface area contributed by atoms with E-state index >= 15 is 0 Å². The van der Waals surface area contributed by atoms with Crippen LogP contribution in [0.15, 0.2) is 18.2 Å². The number of amides is 2. The average Bonchev–Trinajstić information content (AvgIpc) is 3.13. The summed E-state index contributed by atoms with van der Waals surface area (Å²) in [4.78, 5) is 28.1. The fraction of sp³-hybridized carbons (Fsp3) is 0.529. The Labute approximate surface area is 150 Å². The van der Waals surface area contributed by atoms with Crippen molar-refractivity contribution in [2.45, 2.75) is 18.9 Å². The zero-order valence-corrected chi connectivity index (χ0v) is 14.6. The van der Waals surface area contributed by atoms with Crippen LogP contribution in [0.3, 0.4) is 0 Å². The Morgan fingerprint density at radius 1 is 1.28 bits per heavy atom. The van der Waals surface area contributed by atoms with Gasteiger partial charge < -0.3 is 15.0 Å². The normalized spacial score (nSPS) is 21.4. The van der Waals surface area contributed by atoms with Gasteiger partial charge in [-0.3, -0.25) is 14.5 Å². The van der Waals surface area contributed by atoms with E-state index in [1.165, 1.54) is 18.2 Å². The molecule has 2 fully saturated rings. The third-order valence-electron chi connectivity index (χ3n) is 4.46. The third kappa shape index (κ3) is 4.68. The Kier molecular flexibility index (Phi) is 5.88. The monoisotopic (exact) mass is 369 g/mol. The van der Waals surface area contributed by atoms with E-state index in [1.54, 1.807) is 4.90 Å². The molecule has 0 bridgehead atoms. The number of piperazine rings is 1. The molecule has 1 atom stereocenters. The van der Waals surface area contributed by atoms with Crippen LogP contribution in [0.25, 0.3) is 0 Å². The van der Waals surface area contributed by atoms with Gasteiger partial charge in [-0.05, 0) is 31.0 Å². The summed E-state index contributed by atoms with van der Waals surface area (Å²) in [6, 6.07) is 4.03. The van der Waals surface area contributed by atoms with E-state index in [-0.39, 0.29) is 30.2 Å². The van der Waals surface area contributed by atoms with Crippen molar-refractivity contribution in [1.29, 1.82) is 0 Å². The maximum Gasteiger partial charge on any atom is 0.251 e. The van der Waals surface area contributed by atoms with Crippen LogP contribution < -0.4 is 5.32 Å². The second-order valence-corrected chi connectivity index (χ2v) is 6.71. The van der Waals surface area contributed by atoms with E-state index in [1.807, 2.05) is 4.90 Å². The van der Waals surface area contributed by atoms with Gasteiger partial charge in [0.15, 0.2) is 0 Å². The molecule has 136 valence electrons. The molecule has 2 heterocycles. The summed E-state index contributed by atoms with van der Waals surface area (Å²) < 4.78 is 19.1. The number of halogens is 2. The highest BCUT2D eigenvalue weighted by atomic mass is 35.5. The summed E-state index contributed by atoms with van der Waals surface area (Å²) in [6.07, 6.45) is 1.41. The topological polar surface area (TPSA) is 61.9 Å². The van der Waals surface area contributed by atoms with Gasteiger partial charge in [0.25, 0.3) is 5.91 Å². The SMILES string of the molecule is O=C(CN1CCN(C(=O)C2CCCO2)CC1)Nc1cc(Cl)ccc1F. The smallest absolute Gasteiger partial charge is 0.251 e. The first-order chi connectivity index (χ1) is 12.0. The first-order valence-electron chi connectivity index (χ1n) is 8.40. The molecule has 2 amide bonds. The van der Waals surface area contributed by atoms with E-state index in [0.717, 1.165) is 12.8 Å². The Balaban J connectivity index is 1.46. The summed E-state index contributed by atoms with van der Waals surface area (Å²) in [5.41, 5.74) is 0.0738. The lowest BCUT2D eigenvalue weighted by Crippen LogP contribution is -2.52. The second-order valence-electron chi connectivity index (χ2n) is 6.28. The number of benzene rings is 1.